The number of non-ortho nitro benzene ring substituents is 1. The van der Waals surface area contributed by atoms with E-state index in [0.717, 1.165) is 21.5 Å². The summed E-state index contributed by atoms with van der Waals surface area (Å²) in [5, 5.41) is 51.0. The number of nitro benzene ring substituents is 1. The minimum Gasteiger partial charge on any atom is -0.508 e. The van der Waals surface area contributed by atoms with Gasteiger partial charge in [-0.05, 0) is 193 Å². The zero-order valence-corrected chi connectivity index (χ0v) is 62.4. The van der Waals surface area contributed by atoms with Crippen molar-refractivity contribution < 1.29 is 39.4 Å². The average Bonchev–Trinajstić information content (AvgIpc) is 0.968. The van der Waals surface area contributed by atoms with E-state index in [1.807, 2.05) is 138 Å². The molecule has 12 aromatic rings. The molecule has 0 aliphatic carbocycles. The molecule has 13 nitrogen and oxygen atoms in total. The van der Waals surface area contributed by atoms with Gasteiger partial charge in [0.15, 0.2) is 3.95 Å². The number of phenolic OH excluding ortho intramolecular Hbond substituents is 2. The van der Waals surface area contributed by atoms with E-state index in [4.69, 9.17) is 21.7 Å². The van der Waals surface area contributed by atoms with Gasteiger partial charge in [-0.25, -0.2) is 0 Å². The third-order valence-corrected chi connectivity index (χ3v) is 20.2. The number of anilines is 1. The van der Waals surface area contributed by atoms with Gasteiger partial charge in [-0.1, -0.05) is 204 Å². The van der Waals surface area contributed by atoms with Crippen LogP contribution in [-0.4, -0.2) is 80.2 Å². The lowest BCUT2D eigenvalue weighted by Crippen LogP contribution is -2.60. The van der Waals surface area contributed by atoms with E-state index < -0.39 is 21.4 Å². The molecular formula is C85H94N4O9S3. The van der Waals surface area contributed by atoms with Gasteiger partial charge in [-0.3, -0.25) is 19.7 Å². The van der Waals surface area contributed by atoms with E-state index in [9.17, 15) is 35.1 Å². The molecule has 1 aromatic heterocycles. The van der Waals surface area contributed by atoms with Crippen LogP contribution in [0.5, 0.6) is 11.5 Å². The molecule has 0 saturated carbocycles. The van der Waals surface area contributed by atoms with Gasteiger partial charge in [0.25, 0.3) is 5.69 Å². The Labute approximate surface area is 607 Å². The van der Waals surface area contributed by atoms with E-state index in [-0.39, 0.29) is 53.7 Å². The third-order valence-electron chi connectivity index (χ3n) is 17.8. The number of aromatic amines is 1. The number of piperidine rings is 1. The molecule has 526 valence electrons. The maximum atomic E-state index is 12.1. The van der Waals surface area contributed by atoms with Gasteiger partial charge in [0.1, 0.15) is 17.6 Å². The van der Waals surface area contributed by atoms with E-state index in [2.05, 4.69) is 150 Å². The van der Waals surface area contributed by atoms with Crippen molar-refractivity contribution in [2.75, 3.05) is 25.6 Å². The molecule has 0 unspecified atom stereocenters. The Hall–Kier alpha value is -9.42. The maximum absolute atomic E-state index is 12.1. The van der Waals surface area contributed by atoms with Gasteiger partial charge in [0, 0.05) is 77.6 Å². The van der Waals surface area contributed by atoms with Crippen molar-refractivity contribution in [1.29, 1.82) is 0 Å². The summed E-state index contributed by atoms with van der Waals surface area (Å²) in [5.74, 6) is -0.0889. The monoisotopic (exact) mass is 1410 g/mol. The topological polar surface area (TPSA) is 179 Å². The Morgan fingerprint density at radius 3 is 1.74 bits per heavy atom. The van der Waals surface area contributed by atoms with Gasteiger partial charge in [-0.15, -0.1) is 11.3 Å². The van der Waals surface area contributed by atoms with Crippen LogP contribution in [-0.2, 0) is 30.9 Å². The molecule has 3 heterocycles. The number of nitrogens with zero attached hydrogens (tertiary/aromatic N) is 3. The number of hydrogen-bond acceptors (Lipinski definition) is 14. The molecule has 2 aliphatic rings. The molecule has 1 saturated heterocycles. The minimum atomic E-state index is -0.490. The Morgan fingerprint density at radius 1 is 0.693 bits per heavy atom. The summed E-state index contributed by atoms with van der Waals surface area (Å²) in [5.41, 5.74) is 5.87. The third kappa shape index (κ3) is 20.6. The fourth-order valence-electron chi connectivity index (χ4n) is 12.2. The molecule has 0 amide bonds. The fraction of sp³-hybridized carbons (Fsp3) is 0.282. The lowest BCUT2D eigenvalue weighted by atomic mass is 9.80. The molecule has 1 fully saturated rings. The number of rotatable bonds is 10. The first-order valence-electron chi connectivity index (χ1n) is 33.9. The molecule has 11 aromatic carbocycles. The summed E-state index contributed by atoms with van der Waals surface area (Å²) in [7, 11) is 4.07. The summed E-state index contributed by atoms with van der Waals surface area (Å²) < 4.78 is 12.9. The SMILES string of the molecule is C=Cc1ccc2c3cccc4cccc(c5cccc1c52)c43.CC(C)(C)c1cc(O)ccc1O.CCC(C)(C)C(=O)OCCCC(=O)OC1CC(C)(C)N(O)C(C)(C)C1.CN(C)c1ccccc1.O=[N+]([O-])c1ccccc1.S=c1[nH]c2ccccc2s1.c1ccc2c(c1)Cc1ccccc1S2. The fourth-order valence-corrected chi connectivity index (χ4v) is 14.4. The van der Waals surface area contributed by atoms with Crippen LogP contribution in [0, 0.1) is 19.5 Å². The van der Waals surface area contributed by atoms with Crippen molar-refractivity contribution in [3.05, 3.63) is 261 Å². The number of thiazole rings is 1. The van der Waals surface area contributed by atoms with Crippen LogP contribution in [0.25, 0.3) is 59.4 Å². The van der Waals surface area contributed by atoms with Crippen molar-refractivity contribution >= 4 is 118 Å². The number of H-pyrrole nitrogens is 1. The zero-order valence-electron chi connectivity index (χ0n) is 60.0. The van der Waals surface area contributed by atoms with Gasteiger partial charge in [0.05, 0.1) is 27.2 Å². The summed E-state index contributed by atoms with van der Waals surface area (Å²) >= 11 is 8.47. The second-order valence-electron chi connectivity index (χ2n) is 28.1. The number of nitro groups is 1. The van der Waals surface area contributed by atoms with Crippen LogP contribution in [0.3, 0.4) is 0 Å². The number of nitrogens with one attached hydrogen (secondary N) is 1. The van der Waals surface area contributed by atoms with Crippen LogP contribution in [0.1, 0.15) is 124 Å². The van der Waals surface area contributed by atoms with Crippen LogP contribution in [0.2, 0.25) is 0 Å². The number of benzene rings is 11. The highest BCUT2D eigenvalue weighted by Gasteiger charge is 2.46. The van der Waals surface area contributed by atoms with Crippen LogP contribution >= 0.6 is 35.3 Å². The lowest BCUT2D eigenvalue weighted by Gasteiger charge is -2.50. The number of aromatic nitrogens is 1. The first-order valence-corrected chi connectivity index (χ1v) is 36.0. The molecule has 0 radical (unpaired) electrons. The summed E-state index contributed by atoms with van der Waals surface area (Å²) in [6.07, 6.45) is 5.36. The Balaban J connectivity index is 0.000000155. The predicted molar refractivity (Wildman–Crippen MR) is 422 cm³/mol. The number of fused-ring (bicyclic) bond motifs is 5. The largest absolute Gasteiger partial charge is 0.508 e. The van der Waals surface area contributed by atoms with Crippen molar-refractivity contribution in [2.45, 2.75) is 140 Å². The Kier molecular flexibility index (Phi) is 26.6. The number of carbonyl (C=O) groups excluding carboxylic acids is 2. The number of ether oxygens (including phenoxy) is 2. The van der Waals surface area contributed by atoms with Gasteiger partial charge in [-0.2, -0.15) is 5.06 Å². The number of para-hydroxylation sites is 3. The molecular weight excluding hydrogens is 1320 g/mol. The highest BCUT2D eigenvalue weighted by atomic mass is 32.2. The van der Waals surface area contributed by atoms with E-state index in [1.165, 1.54) is 109 Å². The van der Waals surface area contributed by atoms with Gasteiger partial charge < -0.3 is 34.8 Å². The standard InChI is InChI=1S/C22H14.C19H35NO5.C13H10S.C10H14O2.C8H11N.C7H5NS2.C6H5NO2/c1-2-14-12-13-20-18-10-4-7-15-6-3-9-17(21(15)18)19-11-5-8-16(14)22(19)20;1-8-17(2,3)16(22)24-11-9-10-15(21)25-14-12-18(4,5)20(23)19(6,7)13-14;1-3-7-12-10(5-1)9-11-6-2-4-8-13(11)14-12;1-10(2,3)8-6-7(11)4-5-9(8)12;1-9(2)8-6-4-3-5-7-8;9-7-8-5-3-1-2-4-6(5)10-7;8-7(9)6-4-2-1-3-5-6/h2-13H,1H2;14,23H,8-13H2,1-7H3;1-8H,9H2;4-6,11-12H,1-3H3;3-7H,1-2H3;1-4H,(H,8,9);1-5H. The molecule has 4 N–H and O–H groups in total. The van der Waals surface area contributed by atoms with Crippen LogP contribution < -0.4 is 4.90 Å². The van der Waals surface area contributed by atoms with Crippen LogP contribution in [0.4, 0.5) is 11.4 Å². The van der Waals surface area contributed by atoms with E-state index >= 15 is 0 Å². The smallest absolute Gasteiger partial charge is 0.311 e. The summed E-state index contributed by atoms with van der Waals surface area (Å²) in [6.45, 7) is 23.5. The highest BCUT2D eigenvalue weighted by Crippen LogP contribution is 2.43. The number of aromatic hydroxyl groups is 2. The predicted octanol–water partition coefficient (Wildman–Crippen LogP) is 22.5. The molecule has 14 rings (SSSR count). The van der Waals surface area contributed by atoms with Crippen molar-refractivity contribution in [2.24, 2.45) is 5.41 Å². The molecule has 2 aliphatic heterocycles. The zero-order chi connectivity index (χ0) is 73.2. The number of esters is 2. The highest BCUT2D eigenvalue weighted by molar-refractivity contribution is 7.99. The van der Waals surface area contributed by atoms with Crippen LogP contribution in [0.15, 0.2) is 235 Å². The number of carbonyl (C=O) groups is 2. The molecule has 0 spiro atoms. The number of hydrogen-bond donors (Lipinski definition) is 4. The van der Waals surface area contributed by atoms with Crippen molar-refractivity contribution in [3.63, 3.8) is 0 Å². The molecule has 16 heteroatoms. The maximum Gasteiger partial charge on any atom is 0.311 e. The summed E-state index contributed by atoms with van der Waals surface area (Å²) in [4.78, 5) is 41.5. The van der Waals surface area contributed by atoms with E-state index in [1.54, 1.807) is 35.6 Å². The molecule has 0 bridgehead atoms. The number of phenols is 2. The quantitative estimate of drug-likeness (QED) is 0.0149. The number of hydroxylamine groups is 2. The first-order chi connectivity index (χ1) is 48.0. The Bertz CT molecular complexity index is 4620. The minimum absolute atomic E-state index is 0.136. The van der Waals surface area contributed by atoms with Crippen molar-refractivity contribution in [1.82, 2.24) is 10.0 Å². The van der Waals surface area contributed by atoms with E-state index in [0.29, 0.717) is 25.7 Å². The average molecular weight is 1410 g/mol. The molecule has 0 atom stereocenters. The Morgan fingerprint density at radius 2 is 1.22 bits per heavy atom. The summed E-state index contributed by atoms with van der Waals surface area (Å²) in [6, 6.07) is 72.4. The lowest BCUT2D eigenvalue weighted by molar-refractivity contribution is -0.384. The second kappa shape index (κ2) is 34.8. The molecule has 101 heavy (non-hydrogen) atoms. The van der Waals surface area contributed by atoms with Gasteiger partial charge in [0.2, 0.25) is 0 Å². The van der Waals surface area contributed by atoms with Crippen molar-refractivity contribution in [3.8, 4) is 11.5 Å². The van der Waals surface area contributed by atoms with Gasteiger partial charge >= 0.3 is 11.9 Å². The first kappa shape index (κ1) is 77.3. The normalized spacial score (nSPS) is 13.6. The second-order valence-corrected chi connectivity index (χ2v) is 30.9.